The molecular formula is C15H21BrN2O. The number of nitrogens with zero attached hydrogens (tertiary/aromatic N) is 1. The maximum absolute atomic E-state index is 5.32. The standard InChI is InChI=1S/C15H21BrN2O/c1-19-15-8-11(16)7-13(10-15)17-12-4-6-18-5-2-3-14(18)9-12/h7-8,10,12,14,17H,2-6,9H2,1H3. The van der Waals surface area contributed by atoms with Gasteiger partial charge in [0.25, 0.3) is 0 Å². The quantitative estimate of drug-likeness (QED) is 0.921. The molecule has 0 saturated carbocycles. The lowest BCUT2D eigenvalue weighted by atomic mass is 9.97. The van der Waals surface area contributed by atoms with E-state index < -0.39 is 0 Å². The van der Waals surface area contributed by atoms with Gasteiger partial charge in [0.15, 0.2) is 0 Å². The second-order valence-electron chi connectivity index (χ2n) is 5.58. The minimum atomic E-state index is 0.596. The summed E-state index contributed by atoms with van der Waals surface area (Å²) in [4.78, 5) is 2.65. The molecule has 2 fully saturated rings. The molecule has 1 aromatic rings. The lowest BCUT2D eigenvalue weighted by Crippen LogP contribution is -2.42. The highest BCUT2D eigenvalue weighted by Gasteiger charge is 2.31. The highest BCUT2D eigenvalue weighted by Crippen LogP contribution is 2.30. The first-order chi connectivity index (χ1) is 9.24. The van der Waals surface area contributed by atoms with Crippen molar-refractivity contribution in [3.05, 3.63) is 22.7 Å². The predicted octanol–water partition coefficient (Wildman–Crippen LogP) is 3.50. The molecule has 2 atom stereocenters. The Hall–Kier alpha value is -0.740. The molecule has 2 heterocycles. The largest absolute Gasteiger partial charge is 0.497 e. The molecule has 104 valence electrons. The summed E-state index contributed by atoms with van der Waals surface area (Å²) in [5.74, 6) is 0.898. The Morgan fingerprint density at radius 2 is 2.16 bits per heavy atom. The molecule has 2 unspecified atom stereocenters. The van der Waals surface area contributed by atoms with Crippen molar-refractivity contribution < 1.29 is 4.74 Å². The van der Waals surface area contributed by atoms with E-state index in [1.54, 1.807) is 7.11 Å². The maximum Gasteiger partial charge on any atom is 0.122 e. The first kappa shape index (κ1) is 13.3. The topological polar surface area (TPSA) is 24.5 Å². The monoisotopic (exact) mass is 324 g/mol. The van der Waals surface area contributed by atoms with Crippen molar-refractivity contribution in [3.63, 3.8) is 0 Å². The van der Waals surface area contributed by atoms with Crippen molar-refractivity contribution >= 4 is 21.6 Å². The van der Waals surface area contributed by atoms with Crippen molar-refractivity contribution in [3.8, 4) is 5.75 Å². The van der Waals surface area contributed by atoms with Crippen LogP contribution in [-0.4, -0.2) is 37.2 Å². The number of ether oxygens (including phenoxy) is 1. The van der Waals surface area contributed by atoms with Crippen LogP contribution in [0.3, 0.4) is 0 Å². The van der Waals surface area contributed by atoms with Gasteiger partial charge in [-0.1, -0.05) is 15.9 Å². The van der Waals surface area contributed by atoms with Crippen LogP contribution >= 0.6 is 15.9 Å². The molecule has 0 spiro atoms. The average molecular weight is 325 g/mol. The molecule has 0 amide bonds. The summed E-state index contributed by atoms with van der Waals surface area (Å²) in [6, 6.07) is 7.60. The summed E-state index contributed by atoms with van der Waals surface area (Å²) in [6.45, 7) is 2.55. The minimum Gasteiger partial charge on any atom is -0.497 e. The zero-order valence-electron chi connectivity index (χ0n) is 11.4. The van der Waals surface area contributed by atoms with Gasteiger partial charge in [-0.3, -0.25) is 0 Å². The van der Waals surface area contributed by atoms with Crippen molar-refractivity contribution in [1.82, 2.24) is 4.90 Å². The molecule has 3 nitrogen and oxygen atoms in total. The van der Waals surface area contributed by atoms with Gasteiger partial charge < -0.3 is 15.0 Å². The Labute approximate surface area is 123 Å². The van der Waals surface area contributed by atoms with Crippen LogP contribution in [0.4, 0.5) is 5.69 Å². The third-order valence-electron chi connectivity index (χ3n) is 4.30. The van der Waals surface area contributed by atoms with Crippen LogP contribution in [0.2, 0.25) is 0 Å². The van der Waals surface area contributed by atoms with Gasteiger partial charge in [0.1, 0.15) is 5.75 Å². The molecule has 2 aliphatic heterocycles. The lowest BCUT2D eigenvalue weighted by Gasteiger charge is -2.35. The van der Waals surface area contributed by atoms with E-state index in [-0.39, 0.29) is 0 Å². The molecule has 1 N–H and O–H groups in total. The van der Waals surface area contributed by atoms with E-state index in [4.69, 9.17) is 4.74 Å². The zero-order valence-corrected chi connectivity index (χ0v) is 12.9. The Kier molecular flexibility index (Phi) is 3.99. The Bertz CT molecular complexity index is 452. The molecule has 2 aliphatic rings. The second kappa shape index (κ2) is 5.71. The normalized spacial score (nSPS) is 27.1. The number of nitrogens with one attached hydrogen (secondary N) is 1. The third-order valence-corrected chi connectivity index (χ3v) is 4.76. The van der Waals surface area contributed by atoms with Gasteiger partial charge in [0, 0.05) is 34.9 Å². The molecule has 0 bridgehead atoms. The number of anilines is 1. The van der Waals surface area contributed by atoms with Crippen LogP contribution in [0, 0.1) is 0 Å². The van der Waals surface area contributed by atoms with Crippen molar-refractivity contribution in [2.75, 3.05) is 25.5 Å². The van der Waals surface area contributed by atoms with Crippen LogP contribution in [0.15, 0.2) is 22.7 Å². The molecule has 2 saturated heterocycles. The van der Waals surface area contributed by atoms with Gasteiger partial charge in [-0.25, -0.2) is 0 Å². The number of methoxy groups -OCH3 is 1. The molecule has 0 radical (unpaired) electrons. The van der Waals surface area contributed by atoms with Gasteiger partial charge in [0.05, 0.1) is 7.11 Å². The Morgan fingerprint density at radius 1 is 1.26 bits per heavy atom. The summed E-state index contributed by atoms with van der Waals surface area (Å²) >= 11 is 3.54. The van der Waals surface area contributed by atoms with E-state index in [2.05, 4.69) is 38.3 Å². The van der Waals surface area contributed by atoms with Crippen molar-refractivity contribution in [1.29, 1.82) is 0 Å². The first-order valence-electron chi connectivity index (χ1n) is 7.10. The van der Waals surface area contributed by atoms with E-state index in [0.29, 0.717) is 6.04 Å². The number of piperidine rings is 1. The van der Waals surface area contributed by atoms with Gasteiger partial charge >= 0.3 is 0 Å². The number of hydrogen-bond donors (Lipinski definition) is 1. The summed E-state index contributed by atoms with van der Waals surface area (Å²) < 4.78 is 6.38. The first-order valence-corrected chi connectivity index (χ1v) is 7.89. The summed E-state index contributed by atoms with van der Waals surface area (Å²) in [5.41, 5.74) is 1.16. The van der Waals surface area contributed by atoms with Crippen LogP contribution in [0.1, 0.15) is 25.7 Å². The maximum atomic E-state index is 5.32. The fraction of sp³-hybridized carbons (Fsp3) is 0.600. The van der Waals surface area contributed by atoms with E-state index in [1.807, 2.05) is 6.07 Å². The molecule has 0 aromatic heterocycles. The number of fused-ring (bicyclic) bond motifs is 1. The van der Waals surface area contributed by atoms with Gasteiger partial charge in [-0.05, 0) is 44.4 Å². The van der Waals surface area contributed by atoms with Crippen LogP contribution in [0.5, 0.6) is 5.75 Å². The van der Waals surface area contributed by atoms with E-state index in [9.17, 15) is 0 Å². The number of benzene rings is 1. The number of halogens is 1. The summed E-state index contributed by atoms with van der Waals surface area (Å²) in [7, 11) is 1.71. The van der Waals surface area contributed by atoms with E-state index in [0.717, 1.165) is 22.0 Å². The molecule has 4 heteroatoms. The van der Waals surface area contributed by atoms with Crippen LogP contribution in [-0.2, 0) is 0 Å². The zero-order chi connectivity index (χ0) is 13.2. The molecule has 3 rings (SSSR count). The molecular weight excluding hydrogens is 304 g/mol. The Balaban J connectivity index is 1.66. The van der Waals surface area contributed by atoms with Crippen molar-refractivity contribution in [2.24, 2.45) is 0 Å². The van der Waals surface area contributed by atoms with E-state index >= 15 is 0 Å². The average Bonchev–Trinajstić information content (AvgIpc) is 2.85. The second-order valence-corrected chi connectivity index (χ2v) is 6.49. The third kappa shape index (κ3) is 3.06. The minimum absolute atomic E-state index is 0.596. The summed E-state index contributed by atoms with van der Waals surface area (Å²) in [6.07, 6.45) is 5.27. The van der Waals surface area contributed by atoms with Gasteiger partial charge in [0.2, 0.25) is 0 Å². The Morgan fingerprint density at radius 3 is 3.00 bits per heavy atom. The summed E-state index contributed by atoms with van der Waals surface area (Å²) in [5, 5.41) is 3.67. The SMILES string of the molecule is COc1cc(Br)cc(NC2CCN3CCCC3C2)c1. The van der Waals surface area contributed by atoms with Crippen LogP contribution < -0.4 is 10.1 Å². The predicted molar refractivity (Wildman–Crippen MR) is 81.9 cm³/mol. The van der Waals surface area contributed by atoms with Crippen LogP contribution in [0.25, 0.3) is 0 Å². The van der Waals surface area contributed by atoms with Gasteiger partial charge in [-0.2, -0.15) is 0 Å². The van der Waals surface area contributed by atoms with Gasteiger partial charge in [-0.15, -0.1) is 0 Å². The number of rotatable bonds is 3. The lowest BCUT2D eigenvalue weighted by molar-refractivity contribution is 0.188. The highest BCUT2D eigenvalue weighted by molar-refractivity contribution is 9.10. The fourth-order valence-corrected chi connectivity index (χ4v) is 3.83. The van der Waals surface area contributed by atoms with E-state index in [1.165, 1.54) is 38.8 Å². The fourth-order valence-electron chi connectivity index (χ4n) is 3.36. The van der Waals surface area contributed by atoms with Crippen molar-refractivity contribution in [2.45, 2.75) is 37.8 Å². The highest BCUT2D eigenvalue weighted by atomic mass is 79.9. The molecule has 1 aromatic carbocycles. The number of hydrogen-bond acceptors (Lipinski definition) is 3. The molecule has 0 aliphatic carbocycles. The smallest absolute Gasteiger partial charge is 0.122 e. The molecule has 19 heavy (non-hydrogen) atoms.